The van der Waals surface area contributed by atoms with Gasteiger partial charge in [0.05, 0.1) is 12.6 Å². The zero-order chi connectivity index (χ0) is 22.8. The van der Waals surface area contributed by atoms with Crippen molar-refractivity contribution in [3.63, 3.8) is 0 Å². The third kappa shape index (κ3) is 7.89. The van der Waals surface area contributed by atoms with E-state index in [1.807, 2.05) is 0 Å². The number of carboxylic acids is 1. The van der Waals surface area contributed by atoms with E-state index < -0.39 is 54.5 Å². The van der Waals surface area contributed by atoms with Gasteiger partial charge in [0.25, 0.3) is 0 Å². The molecule has 30 heavy (non-hydrogen) atoms. The molecule has 1 rings (SSSR count). The van der Waals surface area contributed by atoms with Crippen molar-refractivity contribution >= 4 is 36.3 Å². The monoisotopic (exact) mass is 442 g/mol. The summed E-state index contributed by atoms with van der Waals surface area (Å²) in [5, 5.41) is 34.3. The summed E-state index contributed by atoms with van der Waals surface area (Å²) in [7, 11) is 0. The molecule has 0 aliphatic rings. The summed E-state index contributed by atoms with van der Waals surface area (Å²) in [6, 6.07) is 1.39. The fourth-order valence-corrected chi connectivity index (χ4v) is 2.56. The summed E-state index contributed by atoms with van der Waals surface area (Å²) < 4.78 is 0. The average molecular weight is 442 g/mol. The van der Waals surface area contributed by atoms with Gasteiger partial charge in [-0.3, -0.25) is 14.4 Å². The van der Waals surface area contributed by atoms with Crippen molar-refractivity contribution in [1.29, 1.82) is 0 Å². The van der Waals surface area contributed by atoms with E-state index in [4.69, 9.17) is 10.8 Å². The second kappa shape index (κ2) is 12.0. The van der Waals surface area contributed by atoms with E-state index in [0.717, 1.165) is 0 Å². The molecule has 4 atom stereocenters. The first kappa shape index (κ1) is 25.2. The molecule has 0 fully saturated rings. The van der Waals surface area contributed by atoms with Crippen LogP contribution in [-0.4, -0.2) is 75.5 Å². The first-order chi connectivity index (χ1) is 14.1. The Labute approximate surface area is 178 Å². The minimum atomic E-state index is -1.41. The van der Waals surface area contributed by atoms with Crippen molar-refractivity contribution in [3.05, 3.63) is 29.8 Å². The van der Waals surface area contributed by atoms with Crippen LogP contribution in [0.1, 0.15) is 12.5 Å². The van der Waals surface area contributed by atoms with Crippen LogP contribution in [0.25, 0.3) is 0 Å². The van der Waals surface area contributed by atoms with Crippen LogP contribution >= 0.6 is 12.6 Å². The number of carbonyl (C=O) groups is 4. The first-order valence-corrected chi connectivity index (χ1v) is 9.61. The number of nitrogens with one attached hydrogen (secondary N) is 3. The molecule has 0 heterocycles. The Morgan fingerprint density at radius 3 is 2.07 bits per heavy atom. The van der Waals surface area contributed by atoms with E-state index in [0.29, 0.717) is 5.56 Å². The number of carboxylic acid groups (broad SMARTS) is 1. The summed E-state index contributed by atoms with van der Waals surface area (Å²) in [4.78, 5) is 47.5. The second-order valence-electron chi connectivity index (χ2n) is 6.53. The van der Waals surface area contributed by atoms with E-state index in [9.17, 15) is 29.4 Å². The molecule has 12 heteroatoms. The molecule has 0 aliphatic carbocycles. The van der Waals surface area contributed by atoms with E-state index >= 15 is 0 Å². The Morgan fingerprint density at radius 2 is 1.57 bits per heavy atom. The smallest absolute Gasteiger partial charge is 0.327 e. The molecule has 166 valence electrons. The zero-order valence-corrected chi connectivity index (χ0v) is 17.1. The SMILES string of the molecule is CC(NC(=O)C(N)Cc1ccc(O)cc1)C(=O)NC(CO)C(=O)NC(CS)C(=O)O. The molecule has 0 bridgehead atoms. The Kier molecular flexibility index (Phi) is 10.1. The van der Waals surface area contributed by atoms with Crippen LogP contribution < -0.4 is 21.7 Å². The molecule has 0 saturated carbocycles. The molecular formula is C18H26N4O7S. The lowest BCUT2D eigenvalue weighted by atomic mass is 10.1. The lowest BCUT2D eigenvalue weighted by Gasteiger charge is -2.22. The van der Waals surface area contributed by atoms with Gasteiger partial charge in [0.15, 0.2) is 0 Å². The fraction of sp³-hybridized carbons (Fsp3) is 0.444. The maximum absolute atomic E-state index is 12.2. The quantitative estimate of drug-likeness (QED) is 0.176. The van der Waals surface area contributed by atoms with E-state index in [1.54, 1.807) is 12.1 Å². The van der Waals surface area contributed by atoms with Gasteiger partial charge in [0.2, 0.25) is 17.7 Å². The minimum Gasteiger partial charge on any atom is -0.508 e. The number of benzene rings is 1. The molecule has 0 aliphatic heterocycles. The van der Waals surface area contributed by atoms with Crippen molar-refractivity contribution in [3.8, 4) is 5.75 Å². The fourth-order valence-electron chi connectivity index (χ4n) is 2.31. The van der Waals surface area contributed by atoms with Crippen molar-refractivity contribution in [2.75, 3.05) is 12.4 Å². The number of hydrogen-bond donors (Lipinski definition) is 8. The zero-order valence-electron chi connectivity index (χ0n) is 16.2. The highest BCUT2D eigenvalue weighted by Crippen LogP contribution is 2.11. The molecule has 1 aromatic carbocycles. The lowest BCUT2D eigenvalue weighted by molar-refractivity contribution is -0.141. The summed E-state index contributed by atoms with van der Waals surface area (Å²) in [6.07, 6.45) is 0.169. The molecule has 0 radical (unpaired) electrons. The van der Waals surface area contributed by atoms with Gasteiger partial charge in [-0.1, -0.05) is 12.1 Å². The van der Waals surface area contributed by atoms with Crippen LogP contribution in [0.3, 0.4) is 0 Å². The number of aromatic hydroxyl groups is 1. The van der Waals surface area contributed by atoms with E-state index in [2.05, 4.69) is 28.6 Å². The average Bonchev–Trinajstić information content (AvgIpc) is 2.70. The lowest BCUT2D eigenvalue weighted by Crippen LogP contribution is -2.57. The van der Waals surface area contributed by atoms with Crippen LogP contribution in [0.15, 0.2) is 24.3 Å². The highest BCUT2D eigenvalue weighted by Gasteiger charge is 2.27. The molecule has 8 N–H and O–H groups in total. The highest BCUT2D eigenvalue weighted by molar-refractivity contribution is 7.80. The van der Waals surface area contributed by atoms with Crippen molar-refractivity contribution in [2.45, 2.75) is 37.5 Å². The van der Waals surface area contributed by atoms with Gasteiger partial charge in [-0.2, -0.15) is 12.6 Å². The molecule has 0 aromatic heterocycles. The van der Waals surface area contributed by atoms with Crippen LogP contribution in [-0.2, 0) is 25.6 Å². The van der Waals surface area contributed by atoms with Crippen molar-refractivity contribution in [2.24, 2.45) is 5.73 Å². The number of aliphatic hydroxyl groups is 1. The number of aliphatic carboxylic acids is 1. The van der Waals surface area contributed by atoms with Crippen LogP contribution in [0.4, 0.5) is 0 Å². The maximum atomic E-state index is 12.2. The van der Waals surface area contributed by atoms with Gasteiger partial charge in [-0.25, -0.2) is 4.79 Å². The molecular weight excluding hydrogens is 416 g/mol. The molecule has 1 aromatic rings. The number of rotatable bonds is 11. The number of phenols is 1. The third-order valence-corrected chi connectivity index (χ3v) is 4.46. The van der Waals surface area contributed by atoms with Gasteiger partial charge in [0, 0.05) is 5.75 Å². The number of aliphatic hydroxyl groups excluding tert-OH is 1. The van der Waals surface area contributed by atoms with E-state index in [1.165, 1.54) is 19.1 Å². The number of carbonyl (C=O) groups excluding carboxylic acids is 3. The maximum Gasteiger partial charge on any atom is 0.327 e. The minimum absolute atomic E-state index is 0.0774. The molecule has 4 unspecified atom stereocenters. The number of amides is 3. The molecule has 0 spiro atoms. The highest BCUT2D eigenvalue weighted by atomic mass is 32.1. The number of phenolic OH excluding ortho intramolecular Hbond substituents is 1. The predicted octanol–water partition coefficient (Wildman–Crippen LogP) is -2.26. The normalized spacial score (nSPS) is 14.7. The largest absolute Gasteiger partial charge is 0.508 e. The van der Waals surface area contributed by atoms with Crippen LogP contribution in [0, 0.1) is 0 Å². The number of thiol groups is 1. The third-order valence-electron chi connectivity index (χ3n) is 4.09. The standard InChI is InChI=1S/C18H26N4O7S/c1-9(20-16(26)12(19)6-10-2-4-11(24)5-3-10)15(25)21-13(7-23)17(27)22-14(8-30)18(28)29/h2-5,9,12-14,23-24,30H,6-8,19H2,1H3,(H,20,26)(H,21,25)(H,22,27)(H,28,29). The Hall–Kier alpha value is -2.83. The number of nitrogens with two attached hydrogens (primary N) is 1. The van der Waals surface area contributed by atoms with Gasteiger partial charge in [0.1, 0.15) is 23.9 Å². The van der Waals surface area contributed by atoms with Gasteiger partial charge in [-0.15, -0.1) is 0 Å². The number of hydrogen-bond acceptors (Lipinski definition) is 8. The topological polar surface area (TPSA) is 191 Å². The van der Waals surface area contributed by atoms with Crippen LogP contribution in [0.2, 0.25) is 0 Å². The Balaban J connectivity index is 2.60. The first-order valence-electron chi connectivity index (χ1n) is 8.98. The summed E-state index contributed by atoms with van der Waals surface area (Å²) in [5.74, 6) is -3.71. The van der Waals surface area contributed by atoms with Crippen molar-refractivity contribution in [1.82, 2.24) is 16.0 Å². The predicted molar refractivity (Wildman–Crippen MR) is 110 cm³/mol. The summed E-state index contributed by atoms with van der Waals surface area (Å²) in [5.41, 5.74) is 6.55. The van der Waals surface area contributed by atoms with E-state index in [-0.39, 0.29) is 17.9 Å². The van der Waals surface area contributed by atoms with Gasteiger partial charge < -0.3 is 37.0 Å². The van der Waals surface area contributed by atoms with Crippen LogP contribution in [0.5, 0.6) is 5.75 Å². The molecule has 3 amide bonds. The summed E-state index contributed by atoms with van der Waals surface area (Å²) >= 11 is 3.81. The Bertz CT molecular complexity index is 759. The van der Waals surface area contributed by atoms with Gasteiger partial charge in [-0.05, 0) is 31.0 Å². The summed E-state index contributed by atoms with van der Waals surface area (Å²) in [6.45, 7) is 0.581. The van der Waals surface area contributed by atoms with Crippen molar-refractivity contribution < 1.29 is 34.5 Å². The molecule has 0 saturated heterocycles. The second-order valence-corrected chi connectivity index (χ2v) is 6.90. The molecule has 11 nitrogen and oxygen atoms in total. The Morgan fingerprint density at radius 1 is 1.00 bits per heavy atom. The van der Waals surface area contributed by atoms with Gasteiger partial charge >= 0.3 is 5.97 Å².